The van der Waals surface area contributed by atoms with Crippen molar-refractivity contribution in [3.8, 4) is 0 Å². The fourth-order valence-corrected chi connectivity index (χ4v) is 3.00. The summed E-state index contributed by atoms with van der Waals surface area (Å²) in [6, 6.07) is 16.7. The summed E-state index contributed by atoms with van der Waals surface area (Å²) in [6.45, 7) is 2.71. The van der Waals surface area contributed by atoms with Crippen molar-refractivity contribution in [2.45, 2.75) is 32.4 Å². The summed E-state index contributed by atoms with van der Waals surface area (Å²) in [6.07, 6.45) is 0.783. The van der Waals surface area contributed by atoms with Crippen LogP contribution in [-0.2, 0) is 22.6 Å². The van der Waals surface area contributed by atoms with Gasteiger partial charge in [-0.1, -0.05) is 55.5 Å². The molecule has 0 saturated heterocycles. The number of amides is 2. The average molecular weight is 338 g/mol. The van der Waals surface area contributed by atoms with Gasteiger partial charge < -0.3 is 15.0 Å². The van der Waals surface area contributed by atoms with Gasteiger partial charge in [0.05, 0.1) is 0 Å². The molecule has 3 rings (SSSR count). The molecule has 1 aliphatic rings. The first kappa shape index (κ1) is 17.0. The molecule has 1 N–H and O–H groups in total. The maximum atomic E-state index is 12.8. The molecule has 0 spiro atoms. The number of ether oxygens (including phenoxy) is 1. The summed E-state index contributed by atoms with van der Waals surface area (Å²) in [5.41, 5.74) is 3.01. The summed E-state index contributed by atoms with van der Waals surface area (Å²) < 4.78 is 5.22. The van der Waals surface area contributed by atoms with Gasteiger partial charge in [0.25, 0.3) is 0 Å². The Bertz CT molecular complexity index is 746. The van der Waals surface area contributed by atoms with Crippen molar-refractivity contribution < 1.29 is 14.3 Å². The van der Waals surface area contributed by atoms with E-state index in [0.717, 1.165) is 23.2 Å². The van der Waals surface area contributed by atoms with Crippen LogP contribution in [0.1, 0.15) is 24.5 Å². The topological polar surface area (TPSA) is 58.6 Å². The maximum absolute atomic E-state index is 12.8. The smallest absolute Gasteiger partial charge is 0.408 e. The SMILES string of the molecule is CC[C@H](NC(=O)OCc1ccccc1)C(=O)N1CCc2ccccc21. The summed E-state index contributed by atoms with van der Waals surface area (Å²) >= 11 is 0. The number of hydrogen-bond donors (Lipinski definition) is 1. The molecular weight excluding hydrogens is 316 g/mol. The zero-order chi connectivity index (χ0) is 17.6. The second-order valence-electron chi connectivity index (χ2n) is 6.04. The van der Waals surface area contributed by atoms with Crippen LogP contribution in [0.15, 0.2) is 54.6 Å². The number of nitrogens with zero attached hydrogens (tertiary/aromatic N) is 1. The Labute approximate surface area is 147 Å². The molecule has 0 aliphatic carbocycles. The molecule has 130 valence electrons. The largest absolute Gasteiger partial charge is 0.445 e. The van der Waals surface area contributed by atoms with Gasteiger partial charge in [0, 0.05) is 12.2 Å². The molecule has 1 atom stereocenters. The minimum atomic E-state index is -0.588. The van der Waals surface area contributed by atoms with E-state index in [2.05, 4.69) is 5.32 Å². The standard InChI is InChI=1S/C20H22N2O3/c1-2-17(21-20(24)25-14-15-8-4-3-5-9-15)19(23)22-13-12-16-10-6-7-11-18(16)22/h3-11,17H,2,12-14H2,1H3,(H,21,24)/t17-/m0/s1. The Balaban J connectivity index is 1.59. The van der Waals surface area contributed by atoms with Crippen LogP contribution >= 0.6 is 0 Å². The van der Waals surface area contributed by atoms with Crippen LogP contribution < -0.4 is 10.2 Å². The van der Waals surface area contributed by atoms with E-state index >= 15 is 0 Å². The van der Waals surface area contributed by atoms with Gasteiger partial charge in [-0.15, -0.1) is 0 Å². The normalized spacial score (nSPS) is 13.9. The molecule has 0 unspecified atom stereocenters. The van der Waals surface area contributed by atoms with E-state index < -0.39 is 12.1 Å². The Morgan fingerprint density at radius 3 is 2.60 bits per heavy atom. The van der Waals surface area contributed by atoms with Crippen molar-refractivity contribution in [3.05, 3.63) is 65.7 Å². The third-order valence-electron chi connectivity index (χ3n) is 4.36. The molecule has 2 aromatic rings. The van der Waals surface area contributed by atoms with Gasteiger partial charge in [-0.2, -0.15) is 0 Å². The number of para-hydroxylation sites is 1. The third-order valence-corrected chi connectivity index (χ3v) is 4.36. The number of carbonyl (C=O) groups excluding carboxylic acids is 2. The van der Waals surface area contributed by atoms with E-state index in [1.807, 2.05) is 61.5 Å². The molecule has 0 bridgehead atoms. The van der Waals surface area contributed by atoms with Gasteiger partial charge in [0.1, 0.15) is 12.6 Å². The fraction of sp³-hybridized carbons (Fsp3) is 0.300. The lowest BCUT2D eigenvalue weighted by Crippen LogP contribution is -2.48. The zero-order valence-electron chi connectivity index (χ0n) is 14.3. The van der Waals surface area contributed by atoms with Crippen LogP contribution in [0.25, 0.3) is 0 Å². The Morgan fingerprint density at radius 2 is 1.84 bits per heavy atom. The van der Waals surface area contributed by atoms with Crippen LogP contribution in [0.4, 0.5) is 10.5 Å². The predicted molar refractivity (Wildman–Crippen MR) is 96.3 cm³/mol. The molecule has 2 aromatic carbocycles. The second kappa shape index (κ2) is 7.83. The van der Waals surface area contributed by atoms with Gasteiger partial charge in [0.15, 0.2) is 0 Å². The van der Waals surface area contributed by atoms with E-state index in [-0.39, 0.29) is 12.5 Å². The van der Waals surface area contributed by atoms with Gasteiger partial charge in [-0.25, -0.2) is 4.79 Å². The Kier molecular flexibility index (Phi) is 5.33. The first-order valence-corrected chi connectivity index (χ1v) is 8.55. The van der Waals surface area contributed by atoms with Gasteiger partial charge in [0.2, 0.25) is 5.91 Å². The molecule has 0 saturated carbocycles. The van der Waals surface area contributed by atoms with E-state index in [1.165, 1.54) is 0 Å². The summed E-state index contributed by atoms with van der Waals surface area (Å²) in [5, 5.41) is 2.69. The van der Waals surface area contributed by atoms with Crippen molar-refractivity contribution in [1.29, 1.82) is 0 Å². The van der Waals surface area contributed by atoms with Crippen molar-refractivity contribution in [2.75, 3.05) is 11.4 Å². The molecule has 2 amide bonds. The highest BCUT2D eigenvalue weighted by atomic mass is 16.5. The molecule has 5 heteroatoms. The molecule has 0 radical (unpaired) electrons. The number of rotatable bonds is 5. The molecule has 5 nitrogen and oxygen atoms in total. The van der Waals surface area contributed by atoms with Crippen LogP contribution in [0.2, 0.25) is 0 Å². The highest BCUT2D eigenvalue weighted by Crippen LogP contribution is 2.28. The lowest BCUT2D eigenvalue weighted by atomic mass is 10.1. The number of alkyl carbamates (subject to hydrolysis) is 1. The van der Waals surface area contributed by atoms with Gasteiger partial charge >= 0.3 is 6.09 Å². The first-order valence-electron chi connectivity index (χ1n) is 8.55. The van der Waals surface area contributed by atoms with Gasteiger partial charge in [-0.3, -0.25) is 4.79 Å². The molecule has 1 heterocycles. The number of nitrogens with one attached hydrogen (secondary N) is 1. The van der Waals surface area contributed by atoms with Crippen molar-refractivity contribution in [3.63, 3.8) is 0 Å². The number of carbonyl (C=O) groups is 2. The predicted octanol–water partition coefficient (Wildman–Crippen LogP) is 3.28. The van der Waals surface area contributed by atoms with E-state index in [0.29, 0.717) is 13.0 Å². The first-order chi connectivity index (χ1) is 12.2. The minimum absolute atomic E-state index is 0.0934. The Hall–Kier alpha value is -2.82. The van der Waals surface area contributed by atoms with Crippen LogP contribution in [0, 0.1) is 0 Å². The average Bonchev–Trinajstić information content (AvgIpc) is 3.09. The highest BCUT2D eigenvalue weighted by molar-refractivity contribution is 6.00. The summed E-state index contributed by atoms with van der Waals surface area (Å²) in [5.74, 6) is -0.0934. The quantitative estimate of drug-likeness (QED) is 0.910. The van der Waals surface area contributed by atoms with Crippen LogP contribution in [0.5, 0.6) is 0 Å². The lowest BCUT2D eigenvalue weighted by molar-refractivity contribution is -0.120. The highest BCUT2D eigenvalue weighted by Gasteiger charge is 2.30. The van der Waals surface area contributed by atoms with E-state index in [9.17, 15) is 9.59 Å². The van der Waals surface area contributed by atoms with Crippen molar-refractivity contribution in [1.82, 2.24) is 5.32 Å². The summed E-state index contributed by atoms with van der Waals surface area (Å²) in [4.78, 5) is 26.6. The zero-order valence-corrected chi connectivity index (χ0v) is 14.3. The minimum Gasteiger partial charge on any atom is -0.445 e. The third kappa shape index (κ3) is 3.99. The van der Waals surface area contributed by atoms with Gasteiger partial charge in [-0.05, 0) is 30.0 Å². The molecule has 0 fully saturated rings. The van der Waals surface area contributed by atoms with Crippen molar-refractivity contribution >= 4 is 17.7 Å². The summed E-state index contributed by atoms with van der Waals surface area (Å²) in [7, 11) is 0. The lowest BCUT2D eigenvalue weighted by Gasteiger charge is -2.23. The number of benzene rings is 2. The monoisotopic (exact) mass is 338 g/mol. The number of hydrogen-bond acceptors (Lipinski definition) is 3. The molecular formula is C20H22N2O3. The van der Waals surface area contributed by atoms with E-state index in [4.69, 9.17) is 4.74 Å². The fourth-order valence-electron chi connectivity index (χ4n) is 3.00. The van der Waals surface area contributed by atoms with Crippen LogP contribution in [0.3, 0.4) is 0 Å². The number of fused-ring (bicyclic) bond motifs is 1. The van der Waals surface area contributed by atoms with Crippen molar-refractivity contribution in [2.24, 2.45) is 0 Å². The maximum Gasteiger partial charge on any atom is 0.408 e. The van der Waals surface area contributed by atoms with E-state index in [1.54, 1.807) is 4.90 Å². The second-order valence-corrected chi connectivity index (χ2v) is 6.04. The molecule has 25 heavy (non-hydrogen) atoms. The Morgan fingerprint density at radius 1 is 1.12 bits per heavy atom. The molecule has 0 aromatic heterocycles. The van der Waals surface area contributed by atoms with Crippen LogP contribution in [-0.4, -0.2) is 24.6 Å². The number of anilines is 1. The molecule has 1 aliphatic heterocycles.